The van der Waals surface area contributed by atoms with Crippen molar-refractivity contribution in [1.82, 2.24) is 4.98 Å². The van der Waals surface area contributed by atoms with Crippen molar-refractivity contribution < 1.29 is 4.42 Å². The van der Waals surface area contributed by atoms with E-state index < -0.39 is 0 Å². The minimum absolute atomic E-state index is 0.560. The molecule has 0 aliphatic carbocycles. The maximum absolute atomic E-state index is 5.74. The van der Waals surface area contributed by atoms with Gasteiger partial charge in [-0.15, -0.1) is 0 Å². The molecule has 2 N–H and O–H groups in total. The number of hydrogen-bond donors (Lipinski definition) is 1. The van der Waals surface area contributed by atoms with E-state index >= 15 is 0 Å². The lowest BCUT2D eigenvalue weighted by Gasteiger charge is -2.14. The Morgan fingerprint density at radius 1 is 1.11 bits per heavy atom. The highest BCUT2D eigenvalue weighted by molar-refractivity contribution is 5.79. The van der Waals surface area contributed by atoms with Crippen molar-refractivity contribution in [3.8, 4) is 0 Å². The summed E-state index contributed by atoms with van der Waals surface area (Å²) in [5.41, 5.74) is 10.2. The van der Waals surface area contributed by atoms with Crippen LogP contribution in [0.25, 0.3) is 11.1 Å². The standard InChI is InChI=1S/C15H15N3O/c1-10-3-6-12(7-4-10)18(2)15-17-13-8-5-11(16)9-14(13)19-15/h3-9H,16H2,1-2H3. The molecular formula is C15H15N3O. The van der Waals surface area contributed by atoms with E-state index in [-0.39, 0.29) is 0 Å². The van der Waals surface area contributed by atoms with Crippen molar-refractivity contribution in [3.63, 3.8) is 0 Å². The minimum atomic E-state index is 0.560. The van der Waals surface area contributed by atoms with Gasteiger partial charge in [-0.2, -0.15) is 4.98 Å². The average Bonchev–Trinajstić information content (AvgIpc) is 2.81. The number of benzene rings is 2. The van der Waals surface area contributed by atoms with Gasteiger partial charge in [-0.05, 0) is 31.2 Å². The Balaban J connectivity index is 2.01. The highest BCUT2D eigenvalue weighted by atomic mass is 16.4. The first kappa shape index (κ1) is 11.6. The molecule has 0 saturated carbocycles. The molecule has 0 atom stereocenters. The summed E-state index contributed by atoms with van der Waals surface area (Å²) >= 11 is 0. The van der Waals surface area contributed by atoms with E-state index in [4.69, 9.17) is 10.2 Å². The molecule has 1 aromatic heterocycles. The maximum atomic E-state index is 5.74. The van der Waals surface area contributed by atoms with Crippen LogP contribution in [0.15, 0.2) is 46.9 Å². The Kier molecular flexibility index (Phi) is 2.63. The highest BCUT2D eigenvalue weighted by Gasteiger charge is 2.11. The van der Waals surface area contributed by atoms with Gasteiger partial charge < -0.3 is 10.2 Å². The van der Waals surface area contributed by atoms with Crippen LogP contribution in [0.2, 0.25) is 0 Å². The quantitative estimate of drug-likeness (QED) is 0.710. The van der Waals surface area contributed by atoms with E-state index in [1.807, 2.05) is 36.2 Å². The summed E-state index contributed by atoms with van der Waals surface area (Å²) in [6.07, 6.45) is 0. The molecule has 0 aliphatic heterocycles. The molecule has 0 aliphatic rings. The van der Waals surface area contributed by atoms with Gasteiger partial charge in [-0.25, -0.2) is 0 Å². The number of hydrogen-bond acceptors (Lipinski definition) is 4. The van der Waals surface area contributed by atoms with Gasteiger partial charge in [0, 0.05) is 24.5 Å². The van der Waals surface area contributed by atoms with Crippen LogP contribution >= 0.6 is 0 Å². The first-order valence-corrected chi connectivity index (χ1v) is 6.10. The van der Waals surface area contributed by atoms with Gasteiger partial charge in [-0.3, -0.25) is 4.90 Å². The lowest BCUT2D eigenvalue weighted by molar-refractivity contribution is 0.603. The molecule has 4 nitrogen and oxygen atoms in total. The zero-order valence-electron chi connectivity index (χ0n) is 10.9. The van der Waals surface area contributed by atoms with Crippen LogP contribution in [0.4, 0.5) is 17.4 Å². The normalized spacial score (nSPS) is 10.8. The number of fused-ring (bicyclic) bond motifs is 1. The van der Waals surface area contributed by atoms with Gasteiger partial charge in [0.15, 0.2) is 5.58 Å². The number of anilines is 3. The fraction of sp³-hybridized carbons (Fsp3) is 0.133. The second-order valence-electron chi connectivity index (χ2n) is 4.62. The van der Waals surface area contributed by atoms with Gasteiger partial charge in [-0.1, -0.05) is 17.7 Å². The molecule has 3 rings (SSSR count). The molecular weight excluding hydrogens is 238 g/mol. The summed E-state index contributed by atoms with van der Waals surface area (Å²) in [7, 11) is 1.93. The lowest BCUT2D eigenvalue weighted by atomic mass is 10.2. The maximum Gasteiger partial charge on any atom is 0.302 e. The van der Waals surface area contributed by atoms with Crippen molar-refractivity contribution in [3.05, 3.63) is 48.0 Å². The molecule has 4 heteroatoms. The van der Waals surface area contributed by atoms with Crippen LogP contribution in [-0.2, 0) is 0 Å². The van der Waals surface area contributed by atoms with E-state index in [1.54, 1.807) is 6.07 Å². The monoisotopic (exact) mass is 253 g/mol. The SMILES string of the molecule is Cc1ccc(N(C)c2nc3ccc(N)cc3o2)cc1. The average molecular weight is 253 g/mol. The Bertz CT molecular complexity index is 716. The molecule has 0 amide bonds. The fourth-order valence-electron chi connectivity index (χ4n) is 1.95. The van der Waals surface area contributed by atoms with Gasteiger partial charge in [0.25, 0.3) is 0 Å². The smallest absolute Gasteiger partial charge is 0.302 e. The molecule has 0 bridgehead atoms. The molecule has 0 saturated heterocycles. The Morgan fingerprint density at radius 2 is 1.84 bits per heavy atom. The summed E-state index contributed by atoms with van der Waals surface area (Å²) in [6.45, 7) is 2.06. The topological polar surface area (TPSA) is 55.3 Å². The van der Waals surface area contributed by atoms with E-state index in [9.17, 15) is 0 Å². The Morgan fingerprint density at radius 3 is 2.58 bits per heavy atom. The zero-order chi connectivity index (χ0) is 13.4. The third kappa shape index (κ3) is 2.12. The van der Waals surface area contributed by atoms with Crippen LogP contribution in [0, 0.1) is 6.92 Å². The number of aromatic nitrogens is 1. The van der Waals surface area contributed by atoms with Crippen molar-refractivity contribution in [2.75, 3.05) is 17.7 Å². The molecule has 0 spiro atoms. The second kappa shape index (κ2) is 4.31. The van der Waals surface area contributed by atoms with Gasteiger partial charge in [0.2, 0.25) is 0 Å². The summed E-state index contributed by atoms with van der Waals surface area (Å²) in [5, 5.41) is 0. The van der Waals surface area contributed by atoms with Crippen LogP contribution in [-0.4, -0.2) is 12.0 Å². The second-order valence-corrected chi connectivity index (χ2v) is 4.62. The molecule has 96 valence electrons. The number of aryl methyl sites for hydroxylation is 1. The Labute approximate surface area is 111 Å². The molecule has 0 radical (unpaired) electrons. The molecule has 1 heterocycles. The fourth-order valence-corrected chi connectivity index (χ4v) is 1.95. The van der Waals surface area contributed by atoms with Gasteiger partial charge in [0.05, 0.1) is 0 Å². The first-order valence-electron chi connectivity index (χ1n) is 6.10. The van der Waals surface area contributed by atoms with Crippen LogP contribution < -0.4 is 10.6 Å². The number of nitrogens with two attached hydrogens (primary N) is 1. The molecule has 3 aromatic rings. The number of oxazole rings is 1. The van der Waals surface area contributed by atoms with E-state index in [0.29, 0.717) is 17.3 Å². The summed E-state index contributed by atoms with van der Waals surface area (Å²) in [4.78, 5) is 6.37. The number of nitrogens with zero attached hydrogens (tertiary/aromatic N) is 2. The lowest BCUT2D eigenvalue weighted by Crippen LogP contribution is -2.09. The van der Waals surface area contributed by atoms with Crippen molar-refractivity contribution >= 4 is 28.5 Å². The van der Waals surface area contributed by atoms with E-state index in [1.165, 1.54) is 5.56 Å². The summed E-state index contributed by atoms with van der Waals surface area (Å²) < 4.78 is 5.73. The molecule has 19 heavy (non-hydrogen) atoms. The zero-order valence-corrected chi connectivity index (χ0v) is 10.9. The Hall–Kier alpha value is -2.49. The van der Waals surface area contributed by atoms with Gasteiger partial charge >= 0.3 is 6.01 Å². The van der Waals surface area contributed by atoms with Crippen molar-refractivity contribution in [2.45, 2.75) is 6.92 Å². The van der Waals surface area contributed by atoms with Gasteiger partial charge in [0.1, 0.15) is 5.52 Å². The number of nitrogen functional groups attached to an aromatic ring is 1. The van der Waals surface area contributed by atoms with E-state index in [2.05, 4.69) is 24.0 Å². The minimum Gasteiger partial charge on any atom is -0.423 e. The van der Waals surface area contributed by atoms with Crippen LogP contribution in [0.5, 0.6) is 0 Å². The molecule has 0 unspecified atom stereocenters. The predicted octanol–water partition coefficient (Wildman–Crippen LogP) is 3.49. The van der Waals surface area contributed by atoms with Crippen LogP contribution in [0.1, 0.15) is 5.56 Å². The third-order valence-electron chi connectivity index (χ3n) is 3.11. The van der Waals surface area contributed by atoms with Crippen molar-refractivity contribution in [2.24, 2.45) is 0 Å². The predicted molar refractivity (Wildman–Crippen MR) is 77.7 cm³/mol. The first-order chi connectivity index (χ1) is 9.13. The molecule has 0 fully saturated rings. The van der Waals surface area contributed by atoms with E-state index in [0.717, 1.165) is 11.2 Å². The largest absolute Gasteiger partial charge is 0.423 e. The third-order valence-corrected chi connectivity index (χ3v) is 3.11. The summed E-state index contributed by atoms with van der Waals surface area (Å²) in [5.74, 6) is 0. The van der Waals surface area contributed by atoms with Crippen LogP contribution in [0.3, 0.4) is 0 Å². The number of rotatable bonds is 2. The summed E-state index contributed by atoms with van der Waals surface area (Å²) in [6, 6.07) is 14.2. The highest BCUT2D eigenvalue weighted by Crippen LogP contribution is 2.27. The van der Waals surface area contributed by atoms with Crippen molar-refractivity contribution in [1.29, 1.82) is 0 Å². The molecule has 2 aromatic carbocycles.